The van der Waals surface area contributed by atoms with Crippen LogP contribution < -0.4 is 10.6 Å². The van der Waals surface area contributed by atoms with E-state index in [1.165, 1.54) is 16.2 Å². The van der Waals surface area contributed by atoms with E-state index in [4.69, 9.17) is 0 Å². The van der Waals surface area contributed by atoms with Gasteiger partial charge in [0.2, 0.25) is 17.7 Å². The average molecular weight is 617 g/mol. The van der Waals surface area contributed by atoms with E-state index in [0.29, 0.717) is 12.0 Å². The highest BCUT2D eigenvalue weighted by Crippen LogP contribution is 2.32. The third kappa shape index (κ3) is 8.62. The van der Waals surface area contributed by atoms with Crippen LogP contribution in [0.5, 0.6) is 0 Å². The first kappa shape index (κ1) is 34.6. The Labute approximate surface area is 259 Å². The second kappa shape index (κ2) is 13.8. The Balaban J connectivity index is 1.75. The summed E-state index contributed by atoms with van der Waals surface area (Å²) in [6.07, 6.45) is -0.207. The molecule has 0 radical (unpaired) electrons. The molecule has 2 aromatic rings. The molecule has 6 unspecified atom stereocenters. The van der Waals surface area contributed by atoms with Gasteiger partial charge in [0.1, 0.15) is 18.8 Å². The van der Waals surface area contributed by atoms with Gasteiger partial charge < -0.3 is 20.6 Å². The fourth-order valence-corrected chi connectivity index (χ4v) is 6.13. The standard InChI is InChI=1S/C33H49FN4O4S/c1-19(14-20(2)32(4,5)6)29(40)37-28(33(7,8)9)31(42)38-17-24(39)15-26(38)30(41)36-25(16-34)22-10-12-23(13-11-22)27-21(3)35-18-43-27/h10-13,18-20,24-26,28,39H,14-17H2,1-9H3,(H,36,41)(H,37,40). The summed E-state index contributed by atoms with van der Waals surface area (Å²) in [6.45, 7) is 17.0. The van der Waals surface area contributed by atoms with Crippen LogP contribution in [0.15, 0.2) is 29.8 Å². The van der Waals surface area contributed by atoms with Crippen molar-refractivity contribution in [2.45, 2.75) is 99.4 Å². The maximum absolute atomic E-state index is 14.2. The third-order valence-electron chi connectivity index (χ3n) is 8.69. The molecule has 43 heavy (non-hydrogen) atoms. The van der Waals surface area contributed by atoms with Crippen molar-refractivity contribution in [1.29, 1.82) is 0 Å². The number of carbonyl (C=O) groups is 3. The molecule has 0 spiro atoms. The SMILES string of the molecule is Cc1ncsc1-c1ccc(C(CF)NC(=O)C2CC(O)CN2C(=O)C(NC(=O)C(C)CC(C)C(C)(C)C)C(C)(C)C)cc1. The van der Waals surface area contributed by atoms with Gasteiger partial charge in [0, 0.05) is 18.9 Å². The van der Waals surface area contributed by atoms with E-state index in [1.807, 2.05) is 46.8 Å². The molecule has 3 N–H and O–H groups in total. The fourth-order valence-electron chi connectivity index (χ4n) is 5.32. The quantitative estimate of drug-likeness (QED) is 0.329. The minimum absolute atomic E-state index is 0.0322. The molecular formula is C33H49FN4O4S. The predicted molar refractivity (Wildman–Crippen MR) is 169 cm³/mol. The molecule has 238 valence electrons. The molecule has 1 aliphatic heterocycles. The van der Waals surface area contributed by atoms with Crippen LogP contribution in [0.2, 0.25) is 0 Å². The van der Waals surface area contributed by atoms with Crippen LogP contribution in [0.4, 0.5) is 4.39 Å². The molecule has 6 atom stereocenters. The number of aliphatic hydroxyl groups is 1. The van der Waals surface area contributed by atoms with Gasteiger partial charge in [0.25, 0.3) is 0 Å². The van der Waals surface area contributed by atoms with Gasteiger partial charge in [-0.3, -0.25) is 14.4 Å². The average Bonchev–Trinajstić information content (AvgIpc) is 3.53. The molecule has 1 saturated heterocycles. The first-order valence-corrected chi connectivity index (χ1v) is 16.0. The summed E-state index contributed by atoms with van der Waals surface area (Å²) in [7, 11) is 0. The summed E-state index contributed by atoms with van der Waals surface area (Å²) < 4.78 is 14.2. The Hall–Kier alpha value is -2.85. The first-order chi connectivity index (χ1) is 19.9. The molecular weight excluding hydrogens is 567 g/mol. The molecule has 2 heterocycles. The lowest BCUT2D eigenvalue weighted by molar-refractivity contribution is -0.144. The van der Waals surface area contributed by atoms with Crippen LogP contribution in [-0.4, -0.2) is 64.1 Å². The maximum Gasteiger partial charge on any atom is 0.246 e. The van der Waals surface area contributed by atoms with E-state index in [0.717, 1.165) is 16.1 Å². The minimum atomic E-state index is -0.990. The number of carbonyl (C=O) groups excluding carboxylic acids is 3. The Morgan fingerprint density at radius 2 is 1.70 bits per heavy atom. The number of aliphatic hydroxyl groups excluding tert-OH is 1. The number of halogens is 1. The summed E-state index contributed by atoms with van der Waals surface area (Å²) in [4.78, 5) is 47.3. The van der Waals surface area contributed by atoms with Crippen molar-refractivity contribution in [3.63, 3.8) is 0 Å². The first-order valence-electron chi connectivity index (χ1n) is 15.1. The van der Waals surface area contributed by atoms with Crippen molar-refractivity contribution in [1.82, 2.24) is 20.5 Å². The van der Waals surface area contributed by atoms with Crippen molar-refractivity contribution >= 4 is 29.1 Å². The lowest BCUT2D eigenvalue weighted by Crippen LogP contribution is -2.58. The third-order valence-corrected chi connectivity index (χ3v) is 9.67. The van der Waals surface area contributed by atoms with Crippen LogP contribution in [-0.2, 0) is 14.4 Å². The number of likely N-dealkylation sites (tertiary alicyclic amines) is 1. The molecule has 1 aromatic heterocycles. The van der Waals surface area contributed by atoms with E-state index in [9.17, 15) is 23.9 Å². The van der Waals surface area contributed by atoms with Gasteiger partial charge in [0.05, 0.1) is 28.2 Å². The lowest BCUT2D eigenvalue weighted by atomic mass is 9.77. The van der Waals surface area contributed by atoms with E-state index in [1.54, 1.807) is 17.6 Å². The number of nitrogens with one attached hydrogen (secondary N) is 2. The number of hydrogen-bond donors (Lipinski definition) is 3. The number of amides is 3. The lowest BCUT2D eigenvalue weighted by Gasteiger charge is -2.36. The van der Waals surface area contributed by atoms with Gasteiger partial charge in [-0.1, -0.05) is 79.7 Å². The van der Waals surface area contributed by atoms with Crippen molar-refractivity contribution in [3.05, 3.63) is 41.0 Å². The molecule has 8 nitrogen and oxygen atoms in total. The highest BCUT2D eigenvalue weighted by molar-refractivity contribution is 7.13. The van der Waals surface area contributed by atoms with E-state index >= 15 is 0 Å². The van der Waals surface area contributed by atoms with E-state index < -0.39 is 48.1 Å². The number of thiazole rings is 1. The molecule has 3 amide bonds. The zero-order valence-electron chi connectivity index (χ0n) is 27.0. The van der Waals surface area contributed by atoms with Crippen LogP contribution in [0, 0.1) is 29.6 Å². The summed E-state index contributed by atoms with van der Waals surface area (Å²) in [5.41, 5.74) is 3.63. The van der Waals surface area contributed by atoms with Gasteiger partial charge in [-0.15, -0.1) is 11.3 Å². The Bertz CT molecular complexity index is 1270. The number of hydrogen-bond acceptors (Lipinski definition) is 6. The number of alkyl halides is 1. The van der Waals surface area contributed by atoms with Gasteiger partial charge in [-0.05, 0) is 41.2 Å². The van der Waals surface area contributed by atoms with Crippen LogP contribution >= 0.6 is 11.3 Å². The van der Waals surface area contributed by atoms with Gasteiger partial charge in [-0.2, -0.15) is 0 Å². The monoisotopic (exact) mass is 616 g/mol. The number of nitrogens with zero attached hydrogens (tertiary/aromatic N) is 2. The molecule has 3 rings (SSSR count). The van der Waals surface area contributed by atoms with Gasteiger partial charge in [-0.25, -0.2) is 9.37 Å². The van der Waals surface area contributed by atoms with E-state index in [2.05, 4.69) is 43.3 Å². The van der Waals surface area contributed by atoms with E-state index in [-0.39, 0.29) is 36.1 Å². The molecule has 1 aromatic carbocycles. The molecule has 10 heteroatoms. The molecule has 0 aliphatic carbocycles. The number of rotatable bonds is 10. The second-order valence-corrected chi connectivity index (χ2v) is 15.1. The summed E-state index contributed by atoms with van der Waals surface area (Å²) in [5, 5.41) is 16.2. The number of benzene rings is 1. The fraction of sp³-hybridized carbons (Fsp3) is 0.636. The minimum Gasteiger partial charge on any atom is -0.391 e. The summed E-state index contributed by atoms with van der Waals surface area (Å²) in [6, 6.07) is 4.49. The highest BCUT2D eigenvalue weighted by Gasteiger charge is 2.45. The Morgan fingerprint density at radius 1 is 1.07 bits per heavy atom. The number of aromatic nitrogens is 1. The maximum atomic E-state index is 14.2. The van der Waals surface area contributed by atoms with Crippen molar-refractivity contribution in [2.75, 3.05) is 13.2 Å². The Kier molecular flexibility index (Phi) is 11.2. The van der Waals surface area contributed by atoms with Crippen LogP contribution in [0.1, 0.15) is 85.5 Å². The molecule has 1 aliphatic rings. The molecule has 0 bridgehead atoms. The van der Waals surface area contributed by atoms with Gasteiger partial charge >= 0.3 is 0 Å². The Morgan fingerprint density at radius 3 is 2.21 bits per heavy atom. The van der Waals surface area contributed by atoms with Crippen molar-refractivity contribution < 1.29 is 23.9 Å². The zero-order valence-corrected chi connectivity index (χ0v) is 27.8. The largest absolute Gasteiger partial charge is 0.391 e. The smallest absolute Gasteiger partial charge is 0.246 e. The summed E-state index contributed by atoms with van der Waals surface area (Å²) >= 11 is 1.52. The highest BCUT2D eigenvalue weighted by atomic mass is 32.1. The molecule has 1 fully saturated rings. The normalized spacial score (nSPS) is 20.3. The van der Waals surface area contributed by atoms with Crippen molar-refractivity contribution in [2.24, 2.45) is 22.7 Å². The zero-order chi connectivity index (χ0) is 32.3. The van der Waals surface area contributed by atoms with Crippen LogP contribution in [0.3, 0.4) is 0 Å². The number of β-amino-alcohol motifs (C(OH)–C–C–N with tert-alkyl or cyclic N) is 1. The topological polar surface area (TPSA) is 112 Å². The predicted octanol–water partition coefficient (Wildman–Crippen LogP) is 5.45. The summed E-state index contributed by atoms with van der Waals surface area (Å²) in [5.74, 6) is -1.22. The van der Waals surface area contributed by atoms with Crippen molar-refractivity contribution in [3.8, 4) is 10.4 Å². The van der Waals surface area contributed by atoms with Crippen LogP contribution in [0.25, 0.3) is 10.4 Å². The second-order valence-electron chi connectivity index (χ2n) is 14.2. The molecule has 0 saturated carbocycles. The number of aryl methyl sites for hydroxylation is 1. The van der Waals surface area contributed by atoms with Gasteiger partial charge in [0.15, 0.2) is 0 Å².